The van der Waals surface area contributed by atoms with E-state index in [0.29, 0.717) is 23.7 Å². The Morgan fingerprint density at radius 2 is 1.97 bits per heavy atom. The van der Waals surface area contributed by atoms with Crippen molar-refractivity contribution in [3.8, 4) is 11.5 Å². The number of pyridine rings is 1. The normalized spacial score (nSPS) is 10.5. The molecule has 2 amide bonds. The number of aromatic nitrogens is 5. The Bertz CT molecular complexity index is 1200. The average molecular weight is 431 g/mol. The Morgan fingerprint density at radius 3 is 2.72 bits per heavy atom. The van der Waals surface area contributed by atoms with E-state index in [1.807, 2.05) is 30.5 Å². The highest BCUT2D eigenvalue weighted by Crippen LogP contribution is 2.15. The van der Waals surface area contributed by atoms with Crippen LogP contribution in [0.25, 0.3) is 11.5 Å². The van der Waals surface area contributed by atoms with Gasteiger partial charge in [0.2, 0.25) is 0 Å². The van der Waals surface area contributed by atoms with Crippen molar-refractivity contribution in [2.24, 2.45) is 0 Å². The number of benzene rings is 1. The lowest BCUT2D eigenvalue weighted by Gasteiger charge is -2.09. The number of esters is 1. The summed E-state index contributed by atoms with van der Waals surface area (Å²) in [5, 5.41) is 13.9. The Morgan fingerprint density at radius 1 is 1.06 bits per heavy atom. The van der Waals surface area contributed by atoms with Crippen molar-refractivity contribution in [1.29, 1.82) is 0 Å². The van der Waals surface area contributed by atoms with Crippen molar-refractivity contribution < 1.29 is 14.3 Å². The number of carbonyl (C=O) groups excluding carboxylic acids is 2. The van der Waals surface area contributed by atoms with E-state index in [2.05, 4.69) is 25.8 Å². The first kappa shape index (κ1) is 20.8. The summed E-state index contributed by atoms with van der Waals surface area (Å²) in [7, 11) is 0. The molecule has 1 aromatic carbocycles. The van der Waals surface area contributed by atoms with E-state index in [1.165, 1.54) is 0 Å². The van der Waals surface area contributed by atoms with Gasteiger partial charge in [-0.2, -0.15) is 10.2 Å². The number of nitrogens with zero attached hydrogens (tertiary/aromatic N) is 5. The van der Waals surface area contributed by atoms with Crippen LogP contribution in [0.1, 0.15) is 23.0 Å². The van der Waals surface area contributed by atoms with Crippen molar-refractivity contribution in [3.05, 3.63) is 84.6 Å². The maximum Gasteiger partial charge on any atom is 0.358 e. The van der Waals surface area contributed by atoms with Gasteiger partial charge in [0.05, 0.1) is 12.3 Å². The lowest BCUT2D eigenvalue weighted by Crippen LogP contribution is -2.28. The van der Waals surface area contributed by atoms with Gasteiger partial charge in [0.25, 0.3) is 0 Å². The molecule has 0 spiro atoms. The van der Waals surface area contributed by atoms with Gasteiger partial charge in [-0.3, -0.25) is 0 Å². The molecule has 0 saturated carbocycles. The van der Waals surface area contributed by atoms with Crippen LogP contribution < -0.4 is 10.6 Å². The summed E-state index contributed by atoms with van der Waals surface area (Å²) in [5.74, 6) is 0.219. The van der Waals surface area contributed by atoms with Crippen LogP contribution in [0.3, 0.4) is 0 Å². The second-order valence-corrected chi connectivity index (χ2v) is 6.70. The van der Waals surface area contributed by atoms with Crippen LogP contribution in [-0.4, -0.2) is 43.2 Å². The maximum atomic E-state index is 12.3. The fourth-order valence-corrected chi connectivity index (χ4v) is 2.93. The first-order chi connectivity index (χ1) is 15.6. The quantitative estimate of drug-likeness (QED) is 0.435. The molecular weight excluding hydrogens is 410 g/mol. The molecule has 0 bridgehead atoms. The summed E-state index contributed by atoms with van der Waals surface area (Å²) in [6.07, 6.45) is 6.84. The molecule has 162 valence electrons. The zero-order valence-corrected chi connectivity index (χ0v) is 17.3. The van der Waals surface area contributed by atoms with E-state index < -0.39 is 5.97 Å². The Balaban J connectivity index is 1.34. The summed E-state index contributed by atoms with van der Waals surface area (Å²) < 4.78 is 8.16. The predicted octanol–water partition coefficient (Wildman–Crippen LogP) is 2.95. The molecule has 0 atom stereocenters. The molecular formula is C22H21N7O3. The highest BCUT2D eigenvalue weighted by Gasteiger charge is 2.11. The molecule has 0 saturated heterocycles. The summed E-state index contributed by atoms with van der Waals surface area (Å²) in [4.78, 5) is 28.4. The van der Waals surface area contributed by atoms with Gasteiger partial charge in [0.1, 0.15) is 0 Å². The van der Waals surface area contributed by atoms with Crippen LogP contribution in [0.4, 0.5) is 10.5 Å². The molecule has 0 radical (unpaired) electrons. The summed E-state index contributed by atoms with van der Waals surface area (Å²) in [6.45, 7) is 2.34. The smallest absolute Gasteiger partial charge is 0.358 e. The first-order valence-corrected chi connectivity index (χ1v) is 9.95. The molecule has 2 N–H and O–H groups in total. The van der Waals surface area contributed by atoms with Crippen LogP contribution in [0.15, 0.2) is 73.3 Å². The van der Waals surface area contributed by atoms with E-state index in [9.17, 15) is 9.59 Å². The van der Waals surface area contributed by atoms with Crippen LogP contribution in [0.5, 0.6) is 0 Å². The van der Waals surface area contributed by atoms with Crippen LogP contribution >= 0.6 is 0 Å². The second-order valence-electron chi connectivity index (χ2n) is 6.70. The van der Waals surface area contributed by atoms with Crippen molar-refractivity contribution in [1.82, 2.24) is 29.9 Å². The van der Waals surface area contributed by atoms with E-state index in [-0.39, 0.29) is 18.3 Å². The van der Waals surface area contributed by atoms with Gasteiger partial charge in [-0.05, 0) is 48.9 Å². The molecule has 10 nitrogen and oxygen atoms in total. The van der Waals surface area contributed by atoms with Gasteiger partial charge in [-0.1, -0.05) is 12.1 Å². The Labute approximate surface area is 183 Å². The van der Waals surface area contributed by atoms with E-state index >= 15 is 0 Å². The summed E-state index contributed by atoms with van der Waals surface area (Å²) in [6, 6.07) is 13.9. The average Bonchev–Trinajstić information content (AvgIpc) is 3.51. The van der Waals surface area contributed by atoms with Gasteiger partial charge in [0, 0.05) is 37.0 Å². The number of amides is 2. The number of nitrogens with one attached hydrogen (secondary N) is 2. The van der Waals surface area contributed by atoms with Gasteiger partial charge in [-0.15, -0.1) is 0 Å². The minimum absolute atomic E-state index is 0.218. The monoisotopic (exact) mass is 431 g/mol. The number of anilines is 1. The molecule has 0 aliphatic carbocycles. The van der Waals surface area contributed by atoms with Gasteiger partial charge in [0.15, 0.2) is 11.5 Å². The van der Waals surface area contributed by atoms with Crippen molar-refractivity contribution >= 4 is 17.7 Å². The summed E-state index contributed by atoms with van der Waals surface area (Å²) >= 11 is 0. The molecule has 0 aliphatic rings. The minimum atomic E-state index is -0.480. The van der Waals surface area contributed by atoms with Crippen molar-refractivity contribution in [3.63, 3.8) is 0 Å². The molecule has 3 heterocycles. The highest BCUT2D eigenvalue weighted by molar-refractivity contribution is 5.89. The third kappa shape index (κ3) is 4.98. The fraction of sp³-hybridized carbons (Fsp3) is 0.136. The van der Waals surface area contributed by atoms with E-state index in [0.717, 1.165) is 5.56 Å². The standard InChI is InChI=1S/C22H21N7O3/c1-2-32-21(30)19-9-12-28(27-19)18-6-3-5-17(13-18)26-22(31)24-15-16-7-8-20(23-14-16)29-11-4-10-25-29/h3-14H,2,15H2,1H3,(H2,24,26,31). The molecule has 0 unspecified atom stereocenters. The number of rotatable bonds is 7. The number of urea groups is 1. The number of hydrogen-bond donors (Lipinski definition) is 2. The SMILES string of the molecule is CCOC(=O)c1ccn(-c2cccc(NC(=O)NCc3ccc(-n4cccn4)nc3)c2)n1. The minimum Gasteiger partial charge on any atom is -0.461 e. The van der Waals surface area contributed by atoms with E-state index in [1.54, 1.807) is 59.1 Å². The molecule has 4 rings (SSSR count). The third-order valence-corrected chi connectivity index (χ3v) is 4.44. The second kappa shape index (κ2) is 9.56. The van der Waals surface area contributed by atoms with Gasteiger partial charge < -0.3 is 15.4 Å². The van der Waals surface area contributed by atoms with Crippen LogP contribution in [0, 0.1) is 0 Å². The molecule has 0 fully saturated rings. The van der Waals surface area contributed by atoms with Crippen molar-refractivity contribution in [2.75, 3.05) is 11.9 Å². The predicted molar refractivity (Wildman–Crippen MR) is 117 cm³/mol. The fourth-order valence-electron chi connectivity index (χ4n) is 2.93. The lowest BCUT2D eigenvalue weighted by atomic mass is 10.2. The number of hydrogen-bond acceptors (Lipinski definition) is 6. The van der Waals surface area contributed by atoms with Crippen LogP contribution in [-0.2, 0) is 11.3 Å². The van der Waals surface area contributed by atoms with Crippen LogP contribution in [0.2, 0.25) is 0 Å². The highest BCUT2D eigenvalue weighted by atomic mass is 16.5. The first-order valence-electron chi connectivity index (χ1n) is 9.95. The zero-order chi connectivity index (χ0) is 22.3. The maximum absolute atomic E-state index is 12.3. The molecule has 3 aromatic heterocycles. The molecule has 32 heavy (non-hydrogen) atoms. The number of carbonyl (C=O) groups is 2. The summed E-state index contributed by atoms with van der Waals surface area (Å²) in [5.41, 5.74) is 2.35. The molecule has 0 aliphatic heterocycles. The van der Waals surface area contributed by atoms with Gasteiger partial charge >= 0.3 is 12.0 Å². The third-order valence-electron chi connectivity index (χ3n) is 4.44. The topological polar surface area (TPSA) is 116 Å². The largest absolute Gasteiger partial charge is 0.461 e. The zero-order valence-electron chi connectivity index (χ0n) is 17.3. The lowest BCUT2D eigenvalue weighted by molar-refractivity contribution is 0.0519. The van der Waals surface area contributed by atoms with Gasteiger partial charge in [-0.25, -0.2) is 23.9 Å². The Kier molecular flexibility index (Phi) is 6.21. The molecule has 4 aromatic rings. The molecule has 10 heteroatoms. The number of ether oxygens (including phenoxy) is 1. The Hall–Kier alpha value is -4.47. The van der Waals surface area contributed by atoms with Crippen molar-refractivity contribution in [2.45, 2.75) is 13.5 Å². The van der Waals surface area contributed by atoms with E-state index in [4.69, 9.17) is 4.74 Å².